The van der Waals surface area contributed by atoms with E-state index in [2.05, 4.69) is 47.3 Å². The lowest BCUT2D eigenvalue weighted by Gasteiger charge is -2.17. The number of aromatic nitrogens is 2. The zero-order chi connectivity index (χ0) is 18.8. The van der Waals surface area contributed by atoms with Crippen molar-refractivity contribution < 1.29 is 4.79 Å². The highest BCUT2D eigenvalue weighted by molar-refractivity contribution is 6.06. The SMILES string of the molecule is CCc1cccc(C)c1Nc1nccc(C(=O)N2CCc3ccccc32)n1. The Labute approximate surface area is 159 Å². The van der Waals surface area contributed by atoms with E-state index in [0.717, 1.165) is 29.8 Å². The van der Waals surface area contributed by atoms with Gasteiger partial charge in [-0.2, -0.15) is 0 Å². The third kappa shape index (κ3) is 3.28. The van der Waals surface area contributed by atoms with Gasteiger partial charge in [0.05, 0.1) is 0 Å². The summed E-state index contributed by atoms with van der Waals surface area (Å²) in [5, 5.41) is 3.30. The molecule has 0 spiro atoms. The average molecular weight is 358 g/mol. The minimum absolute atomic E-state index is 0.0918. The molecule has 0 fully saturated rings. The predicted molar refractivity (Wildman–Crippen MR) is 108 cm³/mol. The van der Waals surface area contributed by atoms with Gasteiger partial charge in [0.1, 0.15) is 5.69 Å². The zero-order valence-corrected chi connectivity index (χ0v) is 15.6. The Hall–Kier alpha value is -3.21. The number of aryl methyl sites for hydroxylation is 2. The molecular weight excluding hydrogens is 336 g/mol. The lowest BCUT2D eigenvalue weighted by Crippen LogP contribution is -2.29. The summed E-state index contributed by atoms with van der Waals surface area (Å²) < 4.78 is 0. The Bertz CT molecular complexity index is 999. The molecule has 5 nitrogen and oxygen atoms in total. The van der Waals surface area contributed by atoms with Crippen molar-refractivity contribution in [3.8, 4) is 0 Å². The summed E-state index contributed by atoms with van der Waals surface area (Å²) in [6.07, 6.45) is 3.42. The number of para-hydroxylation sites is 2. The Balaban J connectivity index is 1.61. The molecular formula is C22H22N4O. The van der Waals surface area contributed by atoms with Gasteiger partial charge in [-0.25, -0.2) is 9.97 Å². The van der Waals surface area contributed by atoms with Gasteiger partial charge < -0.3 is 10.2 Å². The molecule has 4 rings (SSSR count). The van der Waals surface area contributed by atoms with Gasteiger partial charge in [-0.1, -0.05) is 43.3 Å². The number of amides is 1. The minimum Gasteiger partial charge on any atom is -0.324 e. The minimum atomic E-state index is -0.0918. The van der Waals surface area contributed by atoms with Crippen LogP contribution in [-0.4, -0.2) is 22.4 Å². The highest BCUT2D eigenvalue weighted by Crippen LogP contribution is 2.29. The maximum atomic E-state index is 13.0. The molecule has 0 bridgehead atoms. The molecule has 0 saturated carbocycles. The number of carbonyl (C=O) groups excluding carboxylic acids is 1. The van der Waals surface area contributed by atoms with Crippen LogP contribution in [0.2, 0.25) is 0 Å². The largest absolute Gasteiger partial charge is 0.324 e. The van der Waals surface area contributed by atoms with E-state index < -0.39 is 0 Å². The van der Waals surface area contributed by atoms with Crippen LogP contribution in [0.1, 0.15) is 34.1 Å². The normalized spacial score (nSPS) is 12.7. The monoisotopic (exact) mass is 358 g/mol. The van der Waals surface area contributed by atoms with Crippen LogP contribution in [0, 0.1) is 6.92 Å². The topological polar surface area (TPSA) is 58.1 Å². The lowest BCUT2D eigenvalue weighted by molar-refractivity contribution is 0.0984. The van der Waals surface area contributed by atoms with Gasteiger partial charge in [-0.05, 0) is 48.6 Å². The fourth-order valence-electron chi connectivity index (χ4n) is 3.54. The van der Waals surface area contributed by atoms with Crippen molar-refractivity contribution in [3.05, 3.63) is 77.1 Å². The van der Waals surface area contributed by atoms with Crippen molar-refractivity contribution in [2.75, 3.05) is 16.8 Å². The van der Waals surface area contributed by atoms with Crippen LogP contribution in [0.5, 0.6) is 0 Å². The predicted octanol–water partition coefficient (Wildman–Crippen LogP) is 4.29. The van der Waals surface area contributed by atoms with Gasteiger partial charge in [0.2, 0.25) is 5.95 Å². The molecule has 1 N–H and O–H groups in total. The molecule has 0 radical (unpaired) electrons. The highest BCUT2D eigenvalue weighted by Gasteiger charge is 2.26. The summed E-state index contributed by atoms with van der Waals surface area (Å²) in [7, 11) is 0. The quantitative estimate of drug-likeness (QED) is 0.756. The highest BCUT2D eigenvalue weighted by atomic mass is 16.2. The number of fused-ring (bicyclic) bond motifs is 1. The molecule has 2 heterocycles. The Kier molecular flexibility index (Phi) is 4.59. The van der Waals surface area contributed by atoms with E-state index in [1.807, 2.05) is 24.3 Å². The number of rotatable bonds is 4. The number of anilines is 3. The molecule has 1 amide bonds. The summed E-state index contributed by atoms with van der Waals surface area (Å²) in [5.41, 5.74) is 5.91. The Morgan fingerprint density at radius 2 is 2.00 bits per heavy atom. The Morgan fingerprint density at radius 3 is 2.85 bits per heavy atom. The molecule has 0 saturated heterocycles. The van der Waals surface area contributed by atoms with Gasteiger partial charge >= 0.3 is 0 Å². The first-order chi connectivity index (χ1) is 13.2. The van der Waals surface area contributed by atoms with Gasteiger partial charge in [0, 0.05) is 24.1 Å². The third-order valence-electron chi connectivity index (χ3n) is 4.98. The van der Waals surface area contributed by atoms with Crippen molar-refractivity contribution in [2.45, 2.75) is 26.7 Å². The second kappa shape index (κ2) is 7.19. The van der Waals surface area contributed by atoms with E-state index in [9.17, 15) is 4.79 Å². The molecule has 136 valence electrons. The van der Waals surface area contributed by atoms with Gasteiger partial charge in [-0.15, -0.1) is 0 Å². The van der Waals surface area contributed by atoms with Crippen LogP contribution in [0.4, 0.5) is 17.3 Å². The summed E-state index contributed by atoms with van der Waals surface area (Å²) in [6, 6.07) is 15.9. The standard InChI is InChI=1S/C22H22N4O/c1-3-16-9-6-7-15(2)20(16)25-22-23-13-11-18(24-22)21(27)26-14-12-17-8-4-5-10-19(17)26/h4-11,13H,3,12,14H2,1-2H3,(H,23,24,25). The number of hydrogen-bond acceptors (Lipinski definition) is 4. The summed E-state index contributed by atoms with van der Waals surface area (Å²) in [5.74, 6) is 0.350. The molecule has 0 aliphatic carbocycles. The van der Waals surface area contributed by atoms with E-state index in [4.69, 9.17) is 0 Å². The van der Waals surface area contributed by atoms with Crippen molar-refractivity contribution in [2.24, 2.45) is 0 Å². The second-order valence-electron chi connectivity index (χ2n) is 6.69. The first-order valence-corrected chi connectivity index (χ1v) is 9.25. The zero-order valence-electron chi connectivity index (χ0n) is 15.6. The summed E-state index contributed by atoms with van der Waals surface area (Å²) in [4.78, 5) is 23.6. The van der Waals surface area contributed by atoms with E-state index in [1.165, 1.54) is 11.1 Å². The third-order valence-corrected chi connectivity index (χ3v) is 4.98. The number of carbonyl (C=O) groups is 1. The van der Waals surface area contributed by atoms with Crippen LogP contribution in [-0.2, 0) is 12.8 Å². The number of benzene rings is 2. The molecule has 5 heteroatoms. The van der Waals surface area contributed by atoms with Gasteiger partial charge in [0.25, 0.3) is 5.91 Å². The number of nitrogens with one attached hydrogen (secondary N) is 1. The lowest BCUT2D eigenvalue weighted by atomic mass is 10.1. The summed E-state index contributed by atoms with van der Waals surface area (Å²) in [6.45, 7) is 4.85. The first-order valence-electron chi connectivity index (χ1n) is 9.25. The molecule has 2 aromatic carbocycles. The molecule has 0 atom stereocenters. The summed E-state index contributed by atoms with van der Waals surface area (Å²) >= 11 is 0. The van der Waals surface area contributed by atoms with Crippen LogP contribution in [0.15, 0.2) is 54.7 Å². The molecule has 3 aromatic rings. The van der Waals surface area contributed by atoms with Crippen molar-refractivity contribution in [1.29, 1.82) is 0 Å². The number of nitrogens with zero attached hydrogens (tertiary/aromatic N) is 3. The van der Waals surface area contributed by atoms with E-state index >= 15 is 0 Å². The maximum absolute atomic E-state index is 13.0. The van der Waals surface area contributed by atoms with Crippen molar-refractivity contribution in [3.63, 3.8) is 0 Å². The molecule has 1 aromatic heterocycles. The fourth-order valence-corrected chi connectivity index (χ4v) is 3.54. The number of hydrogen-bond donors (Lipinski definition) is 1. The molecule has 0 unspecified atom stereocenters. The maximum Gasteiger partial charge on any atom is 0.277 e. The average Bonchev–Trinajstić information content (AvgIpc) is 3.13. The van der Waals surface area contributed by atoms with E-state index in [-0.39, 0.29) is 5.91 Å². The molecule has 27 heavy (non-hydrogen) atoms. The second-order valence-corrected chi connectivity index (χ2v) is 6.69. The molecule has 1 aliphatic rings. The van der Waals surface area contributed by atoms with E-state index in [0.29, 0.717) is 18.2 Å². The van der Waals surface area contributed by atoms with Crippen LogP contribution < -0.4 is 10.2 Å². The van der Waals surface area contributed by atoms with Crippen molar-refractivity contribution >= 4 is 23.2 Å². The first kappa shape index (κ1) is 17.2. The fraction of sp³-hybridized carbons (Fsp3) is 0.227. The smallest absolute Gasteiger partial charge is 0.277 e. The van der Waals surface area contributed by atoms with Crippen molar-refractivity contribution in [1.82, 2.24) is 9.97 Å². The van der Waals surface area contributed by atoms with E-state index in [1.54, 1.807) is 17.2 Å². The van der Waals surface area contributed by atoms with Crippen LogP contribution in [0.25, 0.3) is 0 Å². The van der Waals surface area contributed by atoms with Gasteiger partial charge in [-0.3, -0.25) is 4.79 Å². The van der Waals surface area contributed by atoms with Crippen LogP contribution in [0.3, 0.4) is 0 Å². The Morgan fingerprint density at radius 1 is 1.15 bits per heavy atom. The molecule has 1 aliphatic heterocycles. The van der Waals surface area contributed by atoms with Gasteiger partial charge in [0.15, 0.2) is 0 Å². The van der Waals surface area contributed by atoms with Crippen LogP contribution >= 0.6 is 0 Å².